The largest absolute Gasteiger partial charge is 0.416 e. The molecule has 34 heavy (non-hydrogen) atoms. The van der Waals surface area contributed by atoms with E-state index in [1.54, 1.807) is 12.3 Å². The average molecular weight is 512 g/mol. The number of carbonyl (C=O) groups is 1. The standard InChI is InChI=1S/C23H21ClF3N3O3S/c24-18-8-10-19(11-9-18)34(32,33)30-22(31)15-6-4-14(5-7-15)21-28-13-20(29-21)16-2-1-3-17(12-16)23(25,26)27/h1-3,8-15H,4-7H2,(H,28,29)(H,30,31). The first-order valence-corrected chi connectivity index (χ1v) is 12.4. The fourth-order valence-electron chi connectivity index (χ4n) is 4.07. The zero-order valence-corrected chi connectivity index (χ0v) is 19.3. The number of nitrogens with zero attached hydrogens (tertiary/aromatic N) is 1. The van der Waals surface area contributed by atoms with Crippen LogP contribution in [0.3, 0.4) is 0 Å². The molecule has 2 aromatic carbocycles. The first-order valence-electron chi connectivity index (χ1n) is 10.6. The highest BCUT2D eigenvalue weighted by atomic mass is 35.5. The number of alkyl halides is 3. The third kappa shape index (κ3) is 5.44. The molecule has 1 aromatic heterocycles. The molecular formula is C23H21ClF3N3O3S. The van der Waals surface area contributed by atoms with Crippen LogP contribution in [0.2, 0.25) is 5.02 Å². The normalized spacial score (nSPS) is 19.1. The van der Waals surface area contributed by atoms with Crippen LogP contribution in [0.15, 0.2) is 59.6 Å². The number of aromatic nitrogens is 2. The molecule has 11 heteroatoms. The summed E-state index contributed by atoms with van der Waals surface area (Å²) in [5.41, 5.74) is 0.0300. The molecule has 4 rings (SSSR count). The molecular weight excluding hydrogens is 491 g/mol. The van der Waals surface area contributed by atoms with Crippen molar-refractivity contribution >= 4 is 27.5 Å². The summed E-state index contributed by atoms with van der Waals surface area (Å²) in [6, 6.07) is 10.5. The van der Waals surface area contributed by atoms with Crippen LogP contribution in [0.25, 0.3) is 11.3 Å². The van der Waals surface area contributed by atoms with Crippen LogP contribution in [0.1, 0.15) is 43.0 Å². The molecule has 0 bridgehead atoms. The molecule has 1 amide bonds. The maximum Gasteiger partial charge on any atom is 0.416 e. The lowest BCUT2D eigenvalue weighted by molar-refractivity contribution is -0.137. The summed E-state index contributed by atoms with van der Waals surface area (Å²) in [4.78, 5) is 20.0. The van der Waals surface area contributed by atoms with E-state index in [-0.39, 0.29) is 10.8 Å². The van der Waals surface area contributed by atoms with Gasteiger partial charge < -0.3 is 4.98 Å². The third-order valence-corrected chi connectivity index (χ3v) is 7.54. The van der Waals surface area contributed by atoms with E-state index in [0.29, 0.717) is 47.8 Å². The molecule has 6 nitrogen and oxygen atoms in total. The Balaban J connectivity index is 1.38. The Morgan fingerprint density at radius 3 is 2.38 bits per heavy atom. The Bertz CT molecular complexity index is 1280. The quantitative estimate of drug-likeness (QED) is 0.471. The van der Waals surface area contributed by atoms with Crippen molar-refractivity contribution in [2.24, 2.45) is 5.92 Å². The van der Waals surface area contributed by atoms with Crippen molar-refractivity contribution in [2.75, 3.05) is 0 Å². The molecule has 1 aliphatic carbocycles. The maximum absolute atomic E-state index is 13.0. The Labute approximate surface area is 199 Å². The topological polar surface area (TPSA) is 91.9 Å². The second-order valence-electron chi connectivity index (χ2n) is 8.22. The van der Waals surface area contributed by atoms with Gasteiger partial charge in [-0.15, -0.1) is 0 Å². The number of H-pyrrole nitrogens is 1. The van der Waals surface area contributed by atoms with Gasteiger partial charge in [0.1, 0.15) is 5.82 Å². The van der Waals surface area contributed by atoms with E-state index in [9.17, 15) is 26.4 Å². The molecule has 1 saturated carbocycles. The van der Waals surface area contributed by atoms with Gasteiger partial charge in [-0.3, -0.25) is 4.79 Å². The van der Waals surface area contributed by atoms with Crippen molar-refractivity contribution < 1.29 is 26.4 Å². The van der Waals surface area contributed by atoms with Gasteiger partial charge in [-0.2, -0.15) is 13.2 Å². The summed E-state index contributed by atoms with van der Waals surface area (Å²) < 4.78 is 66.0. The highest BCUT2D eigenvalue weighted by Gasteiger charge is 2.32. The van der Waals surface area contributed by atoms with Crippen molar-refractivity contribution in [2.45, 2.75) is 42.7 Å². The number of aromatic amines is 1. The van der Waals surface area contributed by atoms with Crippen LogP contribution in [0, 0.1) is 5.92 Å². The SMILES string of the molecule is O=C(NS(=O)(=O)c1ccc(Cl)cc1)C1CCC(c2nc(-c3cccc(C(F)(F)F)c3)c[nH]2)CC1. The monoisotopic (exact) mass is 511 g/mol. The lowest BCUT2D eigenvalue weighted by atomic mass is 9.81. The van der Waals surface area contributed by atoms with Gasteiger partial charge in [0.15, 0.2) is 0 Å². The molecule has 0 spiro atoms. The van der Waals surface area contributed by atoms with Gasteiger partial charge in [0.05, 0.1) is 16.2 Å². The molecule has 0 saturated heterocycles. The van der Waals surface area contributed by atoms with Crippen molar-refractivity contribution in [3.8, 4) is 11.3 Å². The Hall–Kier alpha value is -2.85. The van der Waals surface area contributed by atoms with E-state index in [2.05, 4.69) is 14.7 Å². The number of sulfonamides is 1. The van der Waals surface area contributed by atoms with Gasteiger partial charge in [0, 0.05) is 28.6 Å². The van der Waals surface area contributed by atoms with Gasteiger partial charge in [-0.25, -0.2) is 18.1 Å². The van der Waals surface area contributed by atoms with Crippen LogP contribution >= 0.6 is 11.6 Å². The highest BCUT2D eigenvalue weighted by Crippen LogP contribution is 2.36. The molecule has 1 fully saturated rings. The molecule has 3 aromatic rings. The van der Waals surface area contributed by atoms with Crippen LogP contribution < -0.4 is 4.72 Å². The Morgan fingerprint density at radius 1 is 1.06 bits per heavy atom. The predicted octanol–water partition coefficient (Wildman–Crippen LogP) is 5.53. The first kappa shape index (κ1) is 24.3. The molecule has 180 valence electrons. The summed E-state index contributed by atoms with van der Waals surface area (Å²) in [5.74, 6) is -0.384. The van der Waals surface area contributed by atoms with Gasteiger partial charge in [-0.1, -0.05) is 23.7 Å². The number of halogens is 4. The van der Waals surface area contributed by atoms with Crippen LogP contribution in [0.4, 0.5) is 13.2 Å². The fraction of sp³-hybridized carbons (Fsp3) is 0.304. The van der Waals surface area contributed by atoms with E-state index >= 15 is 0 Å². The molecule has 0 unspecified atom stereocenters. The van der Waals surface area contributed by atoms with E-state index in [0.717, 1.165) is 12.1 Å². The van der Waals surface area contributed by atoms with Crippen LogP contribution in [0.5, 0.6) is 0 Å². The van der Waals surface area contributed by atoms with Gasteiger partial charge in [0.2, 0.25) is 5.91 Å². The van der Waals surface area contributed by atoms with E-state index < -0.39 is 33.6 Å². The molecule has 1 heterocycles. The van der Waals surface area contributed by atoms with E-state index in [1.807, 2.05) is 0 Å². The summed E-state index contributed by atoms with van der Waals surface area (Å²) in [6.07, 6.45) is -0.751. The van der Waals surface area contributed by atoms with E-state index in [1.165, 1.54) is 30.3 Å². The summed E-state index contributed by atoms with van der Waals surface area (Å²) in [7, 11) is -3.99. The average Bonchev–Trinajstić information content (AvgIpc) is 3.29. The highest BCUT2D eigenvalue weighted by molar-refractivity contribution is 7.90. The number of carbonyl (C=O) groups excluding carboxylic acids is 1. The minimum absolute atomic E-state index is 0.00327. The molecule has 0 radical (unpaired) electrons. The Kier molecular flexibility index (Phi) is 6.73. The van der Waals surface area contributed by atoms with Crippen molar-refractivity contribution in [1.29, 1.82) is 0 Å². The zero-order valence-electron chi connectivity index (χ0n) is 17.8. The summed E-state index contributed by atoms with van der Waals surface area (Å²) >= 11 is 5.78. The zero-order chi connectivity index (χ0) is 24.5. The first-order chi connectivity index (χ1) is 16.0. The third-order valence-electron chi connectivity index (χ3n) is 5.93. The molecule has 2 N–H and O–H groups in total. The van der Waals surface area contributed by atoms with Crippen molar-refractivity contribution in [3.63, 3.8) is 0 Å². The number of amides is 1. The number of imidazole rings is 1. The lowest BCUT2D eigenvalue weighted by Crippen LogP contribution is -2.37. The number of benzene rings is 2. The second-order valence-corrected chi connectivity index (χ2v) is 10.3. The smallest absolute Gasteiger partial charge is 0.348 e. The van der Waals surface area contributed by atoms with Crippen molar-refractivity contribution in [1.82, 2.24) is 14.7 Å². The molecule has 0 atom stereocenters. The minimum atomic E-state index is -4.44. The molecule has 1 aliphatic rings. The number of rotatable bonds is 5. The van der Waals surface area contributed by atoms with E-state index in [4.69, 9.17) is 11.6 Å². The van der Waals surface area contributed by atoms with Gasteiger partial charge >= 0.3 is 6.18 Å². The fourth-order valence-corrected chi connectivity index (χ4v) is 5.24. The number of hydrogen-bond acceptors (Lipinski definition) is 4. The van der Waals surface area contributed by atoms with Crippen LogP contribution in [-0.2, 0) is 21.0 Å². The molecule has 0 aliphatic heterocycles. The van der Waals surface area contributed by atoms with Gasteiger partial charge in [0.25, 0.3) is 10.0 Å². The van der Waals surface area contributed by atoms with Crippen LogP contribution in [-0.4, -0.2) is 24.3 Å². The summed E-state index contributed by atoms with van der Waals surface area (Å²) in [5, 5.41) is 0.387. The minimum Gasteiger partial charge on any atom is -0.348 e. The number of nitrogens with one attached hydrogen (secondary N) is 2. The van der Waals surface area contributed by atoms with Gasteiger partial charge in [-0.05, 0) is 62.1 Å². The van der Waals surface area contributed by atoms with Crippen molar-refractivity contribution in [3.05, 3.63) is 71.1 Å². The number of hydrogen-bond donors (Lipinski definition) is 2. The lowest BCUT2D eigenvalue weighted by Gasteiger charge is -2.26. The maximum atomic E-state index is 13.0. The predicted molar refractivity (Wildman–Crippen MR) is 121 cm³/mol. The second kappa shape index (κ2) is 9.42. The Morgan fingerprint density at radius 2 is 1.74 bits per heavy atom. The summed E-state index contributed by atoms with van der Waals surface area (Å²) in [6.45, 7) is 0.